The number of aryl methyl sites for hydroxylation is 1. The number of rotatable bonds is 4. The number of carbonyl (C=O) groups excluding carboxylic acids is 2. The largest absolute Gasteiger partial charge is 0.457 e. The number of hydrogen-bond donors (Lipinski definition) is 1. The minimum Gasteiger partial charge on any atom is -0.457 e. The summed E-state index contributed by atoms with van der Waals surface area (Å²) in [5.41, 5.74) is 3.55. The minimum absolute atomic E-state index is 0.0741. The summed E-state index contributed by atoms with van der Waals surface area (Å²) in [5.74, 6) is 0.376. The van der Waals surface area contributed by atoms with Crippen LogP contribution in [-0.4, -0.2) is 53.0 Å². The maximum Gasteiger partial charge on any atom is 0.338 e. The first-order chi connectivity index (χ1) is 15.9. The van der Waals surface area contributed by atoms with Gasteiger partial charge in [-0.1, -0.05) is 0 Å². The lowest BCUT2D eigenvalue weighted by Crippen LogP contribution is -2.43. The topological polar surface area (TPSA) is 107 Å². The van der Waals surface area contributed by atoms with Crippen molar-refractivity contribution in [2.45, 2.75) is 38.9 Å². The molecule has 1 atom stereocenters. The number of aromatic nitrogens is 1. The van der Waals surface area contributed by atoms with Gasteiger partial charge < -0.3 is 14.7 Å². The van der Waals surface area contributed by atoms with Gasteiger partial charge in [0.25, 0.3) is 0 Å². The Hall–Kier alpha value is -3.28. The minimum atomic E-state index is -0.649. The van der Waals surface area contributed by atoms with Crippen molar-refractivity contribution in [3.8, 4) is 6.07 Å². The van der Waals surface area contributed by atoms with Gasteiger partial charge in [0, 0.05) is 31.3 Å². The van der Waals surface area contributed by atoms with Crippen molar-refractivity contribution in [2.24, 2.45) is 5.41 Å². The molecule has 0 saturated carbocycles. The Kier molecular flexibility index (Phi) is 5.39. The lowest BCUT2D eigenvalue weighted by Gasteiger charge is -2.39. The summed E-state index contributed by atoms with van der Waals surface area (Å²) in [5, 5.41) is 19.9. The number of aliphatic hydroxyl groups excluding tert-OH is 1. The molecule has 0 aliphatic carbocycles. The number of piperidine rings is 1. The second-order valence-electron chi connectivity index (χ2n) is 9.43. The molecule has 33 heavy (non-hydrogen) atoms. The van der Waals surface area contributed by atoms with Gasteiger partial charge in [-0.05, 0) is 73.7 Å². The van der Waals surface area contributed by atoms with E-state index < -0.39 is 6.10 Å². The number of cyclic esters (lactones) is 1. The van der Waals surface area contributed by atoms with Gasteiger partial charge >= 0.3 is 5.97 Å². The molecule has 1 aromatic carbocycles. The first kappa shape index (κ1) is 21.6. The second-order valence-corrected chi connectivity index (χ2v) is 9.43. The van der Waals surface area contributed by atoms with E-state index in [0.717, 1.165) is 42.6 Å². The normalized spacial score (nSPS) is 20.6. The predicted octanol–water partition coefficient (Wildman–Crippen LogP) is 2.48. The van der Waals surface area contributed by atoms with E-state index in [1.807, 2.05) is 25.1 Å². The van der Waals surface area contributed by atoms with Crippen molar-refractivity contribution >= 4 is 17.7 Å². The van der Waals surface area contributed by atoms with E-state index in [-0.39, 0.29) is 23.9 Å². The average Bonchev–Trinajstić information content (AvgIpc) is 3.34. The van der Waals surface area contributed by atoms with E-state index in [9.17, 15) is 14.7 Å². The SMILES string of the molecule is Cc1cc2c(cc1C(O)CN1CCC3(CC1)CC(=O)N(c1ccc(C#N)cn1)C3)COC2=O. The Balaban J connectivity index is 1.21. The van der Waals surface area contributed by atoms with Crippen LogP contribution in [0.4, 0.5) is 5.82 Å². The van der Waals surface area contributed by atoms with Crippen LogP contribution in [0.3, 0.4) is 0 Å². The fraction of sp³-hybridized carbons (Fsp3) is 0.440. The van der Waals surface area contributed by atoms with Gasteiger partial charge in [-0.25, -0.2) is 9.78 Å². The van der Waals surface area contributed by atoms with Gasteiger partial charge in [-0.3, -0.25) is 9.69 Å². The first-order valence-electron chi connectivity index (χ1n) is 11.2. The number of nitrogens with zero attached hydrogens (tertiary/aromatic N) is 4. The highest BCUT2D eigenvalue weighted by Gasteiger charge is 2.45. The molecule has 2 saturated heterocycles. The number of ether oxygens (including phenoxy) is 1. The zero-order valence-electron chi connectivity index (χ0n) is 18.6. The number of likely N-dealkylation sites (tertiary alicyclic amines) is 1. The summed E-state index contributed by atoms with van der Waals surface area (Å²) in [6.45, 7) is 4.94. The summed E-state index contributed by atoms with van der Waals surface area (Å²) in [6.07, 6.45) is 3.11. The molecule has 1 amide bonds. The molecule has 0 radical (unpaired) electrons. The molecule has 0 bridgehead atoms. The van der Waals surface area contributed by atoms with Gasteiger partial charge in [0.2, 0.25) is 5.91 Å². The van der Waals surface area contributed by atoms with E-state index >= 15 is 0 Å². The summed E-state index contributed by atoms with van der Waals surface area (Å²) < 4.78 is 5.10. The Morgan fingerprint density at radius 3 is 2.76 bits per heavy atom. The average molecular weight is 447 g/mol. The highest BCUT2D eigenvalue weighted by Crippen LogP contribution is 2.42. The molecule has 2 fully saturated rings. The van der Waals surface area contributed by atoms with Crippen LogP contribution in [0.25, 0.3) is 0 Å². The smallest absolute Gasteiger partial charge is 0.338 e. The van der Waals surface area contributed by atoms with Crippen LogP contribution in [0, 0.1) is 23.7 Å². The standard InChI is InChI=1S/C25H26N4O4/c1-16-8-20-18(14-33-24(20)32)9-19(16)21(30)13-28-6-4-25(5-7-28)10-23(31)29(15-25)22-3-2-17(11-26)12-27-22/h2-3,8-9,12,21,30H,4-7,10,13-15H2,1H3. The molecule has 4 heterocycles. The Bertz CT molecular complexity index is 1150. The lowest BCUT2D eigenvalue weighted by molar-refractivity contribution is -0.118. The van der Waals surface area contributed by atoms with Crippen LogP contribution in [-0.2, 0) is 16.1 Å². The number of nitriles is 1. The quantitative estimate of drug-likeness (QED) is 0.719. The van der Waals surface area contributed by atoms with Crippen LogP contribution < -0.4 is 4.90 Å². The Morgan fingerprint density at radius 1 is 1.27 bits per heavy atom. The summed E-state index contributed by atoms with van der Waals surface area (Å²) in [4.78, 5) is 32.8. The van der Waals surface area contributed by atoms with Gasteiger partial charge in [-0.2, -0.15) is 5.26 Å². The molecule has 3 aliphatic rings. The van der Waals surface area contributed by atoms with E-state index in [0.29, 0.717) is 36.5 Å². The molecule has 3 aliphatic heterocycles. The predicted molar refractivity (Wildman–Crippen MR) is 119 cm³/mol. The van der Waals surface area contributed by atoms with Crippen molar-refractivity contribution in [1.82, 2.24) is 9.88 Å². The van der Waals surface area contributed by atoms with Gasteiger partial charge in [0.1, 0.15) is 18.5 Å². The number of amides is 1. The first-order valence-corrected chi connectivity index (χ1v) is 11.2. The summed E-state index contributed by atoms with van der Waals surface area (Å²) >= 11 is 0. The van der Waals surface area contributed by atoms with Crippen molar-refractivity contribution in [3.05, 3.63) is 58.3 Å². The molecule has 5 rings (SSSR count). The highest BCUT2D eigenvalue weighted by molar-refractivity contribution is 5.95. The van der Waals surface area contributed by atoms with E-state index in [1.165, 1.54) is 6.20 Å². The second kappa shape index (κ2) is 8.25. The zero-order valence-corrected chi connectivity index (χ0v) is 18.6. The third kappa shape index (κ3) is 3.99. The molecule has 8 heteroatoms. The number of esters is 1. The number of β-amino-alcohol motifs (C(OH)–C–C–N with tert-alkyl or cyclic N) is 1. The third-order valence-electron chi connectivity index (χ3n) is 7.25. The van der Waals surface area contributed by atoms with Crippen molar-refractivity contribution in [2.75, 3.05) is 31.1 Å². The number of carbonyl (C=O) groups is 2. The molecular weight excluding hydrogens is 420 g/mol. The lowest BCUT2D eigenvalue weighted by atomic mass is 9.77. The van der Waals surface area contributed by atoms with Crippen molar-refractivity contribution in [1.29, 1.82) is 5.26 Å². The van der Waals surface area contributed by atoms with Crippen LogP contribution in [0.2, 0.25) is 0 Å². The third-order valence-corrected chi connectivity index (χ3v) is 7.25. The van der Waals surface area contributed by atoms with Crippen molar-refractivity contribution < 1.29 is 19.4 Å². The number of anilines is 1. The monoisotopic (exact) mass is 446 g/mol. The van der Waals surface area contributed by atoms with Crippen LogP contribution in [0.1, 0.15) is 58.0 Å². The molecule has 1 N–H and O–H groups in total. The molecule has 1 aromatic heterocycles. The zero-order chi connectivity index (χ0) is 23.2. The van der Waals surface area contributed by atoms with E-state index in [1.54, 1.807) is 17.0 Å². The van der Waals surface area contributed by atoms with Gasteiger partial charge in [-0.15, -0.1) is 0 Å². The van der Waals surface area contributed by atoms with Crippen LogP contribution in [0.5, 0.6) is 0 Å². The maximum absolute atomic E-state index is 12.7. The molecule has 2 aromatic rings. The highest BCUT2D eigenvalue weighted by atomic mass is 16.5. The molecule has 1 spiro atoms. The number of benzene rings is 1. The van der Waals surface area contributed by atoms with E-state index in [2.05, 4.69) is 9.88 Å². The summed E-state index contributed by atoms with van der Waals surface area (Å²) in [7, 11) is 0. The van der Waals surface area contributed by atoms with Crippen LogP contribution in [0.15, 0.2) is 30.5 Å². The molecule has 8 nitrogen and oxygen atoms in total. The molecule has 170 valence electrons. The number of pyridine rings is 1. The number of fused-ring (bicyclic) bond motifs is 1. The van der Waals surface area contributed by atoms with Gasteiger partial charge in [0.05, 0.1) is 17.2 Å². The van der Waals surface area contributed by atoms with Gasteiger partial charge in [0.15, 0.2) is 0 Å². The maximum atomic E-state index is 12.7. The molecular formula is C25H26N4O4. The molecule has 1 unspecified atom stereocenters. The van der Waals surface area contributed by atoms with Crippen molar-refractivity contribution in [3.63, 3.8) is 0 Å². The fourth-order valence-corrected chi connectivity index (χ4v) is 5.27. The Labute approximate surface area is 192 Å². The van der Waals surface area contributed by atoms with E-state index in [4.69, 9.17) is 10.00 Å². The summed E-state index contributed by atoms with van der Waals surface area (Å²) in [6, 6.07) is 9.17. The fourth-order valence-electron chi connectivity index (χ4n) is 5.27. The number of aliphatic hydroxyl groups is 1. The van der Waals surface area contributed by atoms with Crippen LogP contribution >= 0.6 is 0 Å². The number of hydrogen-bond acceptors (Lipinski definition) is 7. The Morgan fingerprint density at radius 2 is 2.06 bits per heavy atom.